The van der Waals surface area contributed by atoms with Crippen LogP contribution in [0.5, 0.6) is 11.5 Å². The Kier molecular flexibility index (Phi) is 7.61. The molecule has 5 aromatic rings. The van der Waals surface area contributed by atoms with Gasteiger partial charge in [0, 0.05) is 34.7 Å². The van der Waals surface area contributed by atoms with Crippen LogP contribution >= 0.6 is 23.6 Å². The molecule has 1 N–H and O–H groups in total. The molecule has 3 aromatic carbocycles. The van der Waals surface area contributed by atoms with Gasteiger partial charge in [-0.05, 0) is 72.4 Å². The van der Waals surface area contributed by atoms with Gasteiger partial charge in [-0.1, -0.05) is 54.1 Å². The van der Waals surface area contributed by atoms with E-state index in [-0.39, 0.29) is 6.04 Å². The van der Waals surface area contributed by atoms with Gasteiger partial charge in [-0.2, -0.15) is 10.4 Å². The number of nitrogens with one attached hydrogen (secondary N) is 1. The fourth-order valence-corrected chi connectivity index (χ4v) is 7.43. The molecule has 9 heteroatoms. The van der Waals surface area contributed by atoms with Crippen molar-refractivity contribution in [1.82, 2.24) is 9.58 Å². The SMILES string of the molecule is COc1cc2c(cc1OC)-c1c(C#N)c(-c3cccs3)c(C3=NN(C(=S)Nc4ccccc4)C(c4ccc(C)cc4)C3)n1CC2. The lowest BCUT2D eigenvalue weighted by Crippen LogP contribution is -2.31. The van der Waals surface area contributed by atoms with E-state index in [9.17, 15) is 5.26 Å². The molecular weight excluding hydrogens is 599 g/mol. The molecule has 0 fully saturated rings. The number of ether oxygens (including phenoxy) is 2. The zero-order chi connectivity index (χ0) is 31.1. The minimum atomic E-state index is -0.114. The summed E-state index contributed by atoms with van der Waals surface area (Å²) in [5.74, 6) is 1.32. The van der Waals surface area contributed by atoms with Gasteiger partial charge in [0.15, 0.2) is 16.6 Å². The Morgan fingerprint density at radius 2 is 1.76 bits per heavy atom. The second kappa shape index (κ2) is 11.9. The Labute approximate surface area is 272 Å². The highest BCUT2D eigenvalue weighted by atomic mass is 32.1. The minimum absolute atomic E-state index is 0.114. The number of thiocarbonyl (C=S) groups is 1. The van der Waals surface area contributed by atoms with Gasteiger partial charge >= 0.3 is 0 Å². The summed E-state index contributed by atoms with van der Waals surface area (Å²) in [5, 5.41) is 23.9. The number of thiophene rings is 1. The standard InChI is InChI=1S/C36H31N5O2S2/c1-22-11-13-23(14-12-22)29-20-28(39-41(29)36(44)38-25-8-5-4-6-9-25)35-33(32-10-7-17-45-32)27(21-37)34-26-19-31(43-3)30(42-2)18-24(26)15-16-40(34)35/h4-14,17-19,29H,15-16,20H2,1-3H3,(H,38,44). The summed E-state index contributed by atoms with van der Waals surface area (Å²) in [4.78, 5) is 1.03. The van der Waals surface area contributed by atoms with Crippen molar-refractivity contribution in [2.45, 2.75) is 32.4 Å². The lowest BCUT2D eigenvalue weighted by Gasteiger charge is -2.25. The van der Waals surface area contributed by atoms with Crippen LogP contribution in [0, 0.1) is 18.3 Å². The monoisotopic (exact) mass is 629 g/mol. The predicted octanol–water partition coefficient (Wildman–Crippen LogP) is 8.19. The number of hydrazone groups is 1. The van der Waals surface area contributed by atoms with Gasteiger partial charge in [0.2, 0.25) is 0 Å². The van der Waals surface area contributed by atoms with Crippen molar-refractivity contribution in [2.75, 3.05) is 19.5 Å². The number of para-hydroxylation sites is 1. The third kappa shape index (κ3) is 5.06. The zero-order valence-corrected chi connectivity index (χ0v) is 26.8. The van der Waals surface area contributed by atoms with Crippen LogP contribution in [-0.2, 0) is 13.0 Å². The average Bonchev–Trinajstić information content (AvgIpc) is 3.82. The summed E-state index contributed by atoms with van der Waals surface area (Å²) in [7, 11) is 3.29. The van der Waals surface area contributed by atoms with E-state index in [0.29, 0.717) is 35.1 Å². The normalized spacial score (nSPS) is 15.1. The highest BCUT2D eigenvalue weighted by Gasteiger charge is 2.38. The van der Waals surface area contributed by atoms with Gasteiger partial charge in [-0.3, -0.25) is 0 Å². The zero-order valence-electron chi connectivity index (χ0n) is 25.2. The Morgan fingerprint density at radius 1 is 1.00 bits per heavy atom. The van der Waals surface area contributed by atoms with Crippen LogP contribution in [0.15, 0.2) is 89.3 Å². The van der Waals surface area contributed by atoms with Gasteiger partial charge in [0.05, 0.1) is 42.9 Å². The fraction of sp³-hybridized carbons (Fsp3) is 0.194. The smallest absolute Gasteiger partial charge is 0.194 e. The number of anilines is 1. The molecule has 224 valence electrons. The van der Waals surface area contributed by atoms with E-state index >= 15 is 0 Å². The molecule has 2 aliphatic heterocycles. The van der Waals surface area contributed by atoms with E-state index < -0.39 is 0 Å². The van der Waals surface area contributed by atoms with Gasteiger partial charge in [0.1, 0.15) is 6.07 Å². The van der Waals surface area contributed by atoms with Crippen LogP contribution in [0.4, 0.5) is 5.69 Å². The van der Waals surface area contributed by atoms with Crippen LogP contribution in [-0.4, -0.2) is 34.6 Å². The van der Waals surface area contributed by atoms with Gasteiger partial charge in [-0.25, -0.2) is 5.01 Å². The fourth-order valence-electron chi connectivity index (χ4n) is 6.36. The summed E-state index contributed by atoms with van der Waals surface area (Å²) in [5.41, 5.74) is 9.62. The van der Waals surface area contributed by atoms with Crippen molar-refractivity contribution in [2.24, 2.45) is 5.10 Å². The minimum Gasteiger partial charge on any atom is -0.493 e. The highest BCUT2D eigenvalue weighted by molar-refractivity contribution is 7.80. The Morgan fingerprint density at radius 3 is 2.44 bits per heavy atom. The second-order valence-corrected chi connectivity index (χ2v) is 12.5. The number of hydrogen-bond acceptors (Lipinski definition) is 6. The van der Waals surface area contributed by atoms with Crippen LogP contribution in [0.25, 0.3) is 21.7 Å². The number of benzene rings is 3. The Balaban J connectivity index is 1.42. The molecule has 0 radical (unpaired) electrons. The van der Waals surface area contributed by atoms with E-state index in [0.717, 1.165) is 56.3 Å². The quantitative estimate of drug-likeness (QED) is 0.191. The average molecular weight is 630 g/mol. The number of nitrogens with zero attached hydrogens (tertiary/aromatic N) is 4. The molecule has 1 atom stereocenters. The molecule has 7 nitrogen and oxygen atoms in total. The van der Waals surface area contributed by atoms with Crippen LogP contribution in [0.1, 0.15) is 40.4 Å². The number of hydrogen-bond donors (Lipinski definition) is 1. The van der Waals surface area contributed by atoms with Gasteiger partial charge < -0.3 is 19.4 Å². The highest BCUT2D eigenvalue weighted by Crippen LogP contribution is 2.47. The van der Waals surface area contributed by atoms with Crippen LogP contribution < -0.4 is 14.8 Å². The largest absolute Gasteiger partial charge is 0.493 e. The molecule has 45 heavy (non-hydrogen) atoms. The number of aryl methyl sites for hydroxylation is 2. The number of fused-ring (bicyclic) bond motifs is 3. The number of rotatable bonds is 6. The lowest BCUT2D eigenvalue weighted by atomic mass is 9.94. The van der Waals surface area contributed by atoms with Gasteiger partial charge in [-0.15, -0.1) is 11.3 Å². The first-order valence-corrected chi connectivity index (χ1v) is 16.0. The number of nitriles is 1. The van der Waals surface area contributed by atoms with Crippen molar-refractivity contribution in [3.8, 4) is 39.3 Å². The third-order valence-corrected chi connectivity index (χ3v) is 9.67. The topological polar surface area (TPSA) is 74.8 Å². The molecule has 0 aliphatic carbocycles. The van der Waals surface area contributed by atoms with Crippen molar-refractivity contribution in [3.05, 3.63) is 112 Å². The third-order valence-electron chi connectivity index (χ3n) is 8.49. The molecule has 0 bridgehead atoms. The van der Waals surface area contributed by atoms with Crippen molar-refractivity contribution >= 4 is 40.1 Å². The van der Waals surface area contributed by atoms with Crippen LogP contribution in [0.2, 0.25) is 0 Å². The summed E-state index contributed by atoms with van der Waals surface area (Å²) in [6.07, 6.45) is 1.41. The molecule has 0 amide bonds. The molecule has 0 spiro atoms. The Hall–Kier alpha value is -4.91. The van der Waals surface area contributed by atoms with E-state index in [1.165, 1.54) is 5.56 Å². The maximum Gasteiger partial charge on any atom is 0.194 e. The predicted molar refractivity (Wildman–Crippen MR) is 184 cm³/mol. The molecule has 2 aliphatic rings. The number of aromatic nitrogens is 1. The first-order chi connectivity index (χ1) is 22.0. The van der Waals surface area contributed by atoms with Crippen molar-refractivity contribution < 1.29 is 9.47 Å². The van der Waals surface area contributed by atoms with Crippen molar-refractivity contribution in [3.63, 3.8) is 0 Å². The van der Waals surface area contributed by atoms with E-state index in [4.69, 9.17) is 26.8 Å². The molecule has 1 unspecified atom stereocenters. The summed E-state index contributed by atoms with van der Waals surface area (Å²) in [6.45, 7) is 2.79. The molecular formula is C36H31N5O2S2. The summed E-state index contributed by atoms with van der Waals surface area (Å²) < 4.78 is 13.6. The maximum atomic E-state index is 10.7. The van der Waals surface area contributed by atoms with Gasteiger partial charge in [0.25, 0.3) is 0 Å². The van der Waals surface area contributed by atoms with Crippen molar-refractivity contribution in [1.29, 1.82) is 5.26 Å². The van der Waals surface area contributed by atoms with Crippen LogP contribution in [0.3, 0.4) is 0 Å². The first kappa shape index (κ1) is 28.8. The number of methoxy groups -OCH3 is 2. The summed E-state index contributed by atoms with van der Waals surface area (Å²) >= 11 is 7.62. The molecule has 7 rings (SSSR count). The molecule has 0 saturated carbocycles. The summed E-state index contributed by atoms with van der Waals surface area (Å²) in [6, 6.07) is 29.1. The second-order valence-electron chi connectivity index (χ2n) is 11.1. The molecule has 2 aromatic heterocycles. The first-order valence-electron chi connectivity index (χ1n) is 14.8. The Bertz CT molecular complexity index is 1970. The molecule has 4 heterocycles. The van der Waals surface area contributed by atoms with E-state index in [1.807, 2.05) is 53.5 Å². The van der Waals surface area contributed by atoms with E-state index in [2.05, 4.69) is 58.6 Å². The lowest BCUT2D eigenvalue weighted by molar-refractivity contribution is 0.354. The molecule has 0 saturated heterocycles. The maximum absolute atomic E-state index is 10.7. The van der Waals surface area contributed by atoms with E-state index in [1.54, 1.807) is 25.6 Å².